The van der Waals surface area contributed by atoms with Gasteiger partial charge in [0.15, 0.2) is 0 Å². The molecule has 0 aromatic heterocycles. The SMILES string of the molecule is CCN(O)CCS(=O)(=O)[O-].[Na+]. The molecule has 0 aliphatic rings. The predicted molar refractivity (Wildman–Crippen MR) is 33.6 cm³/mol. The summed E-state index contributed by atoms with van der Waals surface area (Å²) in [6.07, 6.45) is 0. The van der Waals surface area contributed by atoms with Crippen molar-refractivity contribution in [3.05, 3.63) is 0 Å². The van der Waals surface area contributed by atoms with Crippen molar-refractivity contribution < 1.29 is 47.7 Å². The Morgan fingerprint density at radius 3 is 2.27 bits per heavy atom. The van der Waals surface area contributed by atoms with Crippen molar-refractivity contribution in [1.82, 2.24) is 5.06 Å². The van der Waals surface area contributed by atoms with Crippen LogP contribution >= 0.6 is 0 Å². The van der Waals surface area contributed by atoms with E-state index in [1.807, 2.05) is 0 Å². The largest absolute Gasteiger partial charge is 1.00 e. The Kier molecular flexibility index (Phi) is 8.30. The summed E-state index contributed by atoms with van der Waals surface area (Å²) in [5.41, 5.74) is 0. The van der Waals surface area contributed by atoms with Crippen LogP contribution in [0, 0.1) is 0 Å². The second kappa shape index (κ2) is 6.36. The molecule has 0 aliphatic heterocycles. The third-order valence-corrected chi connectivity index (χ3v) is 1.65. The Morgan fingerprint density at radius 2 is 2.00 bits per heavy atom. The van der Waals surface area contributed by atoms with Crippen molar-refractivity contribution in [3.8, 4) is 0 Å². The summed E-state index contributed by atoms with van der Waals surface area (Å²) in [6, 6.07) is 0. The molecule has 0 saturated heterocycles. The molecule has 0 rings (SSSR count). The molecule has 0 bridgehead atoms. The van der Waals surface area contributed by atoms with Crippen LogP contribution in [-0.2, 0) is 10.1 Å². The first-order valence-corrected chi connectivity index (χ1v) is 4.41. The Morgan fingerprint density at radius 1 is 1.55 bits per heavy atom. The van der Waals surface area contributed by atoms with Gasteiger partial charge in [0.2, 0.25) is 0 Å². The standard InChI is InChI=1S/C4H11NO4S.Na/c1-2-5(6)3-4-10(7,8)9;/h6H,2-4H2,1H3,(H,7,8,9);/q;+1/p-1. The summed E-state index contributed by atoms with van der Waals surface area (Å²) in [5.74, 6) is -0.544. The fourth-order valence-corrected chi connectivity index (χ4v) is 0.810. The summed E-state index contributed by atoms with van der Waals surface area (Å²) >= 11 is 0. The zero-order chi connectivity index (χ0) is 8.20. The van der Waals surface area contributed by atoms with E-state index in [2.05, 4.69) is 0 Å². The minimum atomic E-state index is -4.18. The number of hydrogen-bond donors (Lipinski definition) is 1. The molecule has 0 spiro atoms. The van der Waals surface area contributed by atoms with Crippen LogP contribution < -0.4 is 29.6 Å². The molecule has 0 aliphatic carbocycles. The third-order valence-electron chi connectivity index (χ3n) is 0.964. The van der Waals surface area contributed by atoms with E-state index >= 15 is 0 Å². The molecular formula is C4H10NNaO4S. The predicted octanol–water partition coefficient (Wildman–Crippen LogP) is -3.75. The van der Waals surface area contributed by atoms with Crippen molar-refractivity contribution in [2.75, 3.05) is 18.8 Å². The summed E-state index contributed by atoms with van der Waals surface area (Å²) < 4.78 is 29.9. The average Bonchev–Trinajstić information content (AvgIpc) is 1.81. The van der Waals surface area contributed by atoms with Gasteiger partial charge in [0.25, 0.3) is 0 Å². The van der Waals surface area contributed by atoms with Gasteiger partial charge in [-0.1, -0.05) is 6.92 Å². The minimum Gasteiger partial charge on any atom is -0.748 e. The van der Waals surface area contributed by atoms with E-state index in [0.717, 1.165) is 5.06 Å². The van der Waals surface area contributed by atoms with Gasteiger partial charge in [0.1, 0.15) is 0 Å². The summed E-state index contributed by atoms with van der Waals surface area (Å²) in [5, 5.41) is 9.42. The van der Waals surface area contributed by atoms with Crippen LogP contribution in [0.4, 0.5) is 0 Å². The maximum atomic E-state index is 9.96. The van der Waals surface area contributed by atoms with E-state index in [9.17, 15) is 13.0 Å². The van der Waals surface area contributed by atoms with E-state index in [4.69, 9.17) is 5.21 Å². The smallest absolute Gasteiger partial charge is 0.748 e. The van der Waals surface area contributed by atoms with Gasteiger partial charge in [-0.25, -0.2) is 8.42 Å². The molecule has 0 fully saturated rings. The monoisotopic (exact) mass is 191 g/mol. The topological polar surface area (TPSA) is 80.7 Å². The van der Waals surface area contributed by atoms with Crippen LogP contribution in [0.2, 0.25) is 0 Å². The average molecular weight is 191 g/mol. The summed E-state index contributed by atoms with van der Waals surface area (Å²) in [4.78, 5) is 0. The molecular weight excluding hydrogens is 181 g/mol. The van der Waals surface area contributed by atoms with Gasteiger partial charge in [-0.2, -0.15) is 5.06 Å². The zero-order valence-corrected chi connectivity index (χ0v) is 9.47. The van der Waals surface area contributed by atoms with Crippen LogP contribution in [0.5, 0.6) is 0 Å². The minimum absolute atomic E-state index is 0. The van der Waals surface area contributed by atoms with Crippen molar-refractivity contribution in [2.24, 2.45) is 0 Å². The molecule has 0 radical (unpaired) electrons. The van der Waals surface area contributed by atoms with E-state index in [-0.39, 0.29) is 36.1 Å². The molecule has 62 valence electrons. The molecule has 0 aromatic carbocycles. The fourth-order valence-electron chi connectivity index (χ4n) is 0.375. The van der Waals surface area contributed by atoms with Crippen LogP contribution in [0.25, 0.3) is 0 Å². The number of hydrogen-bond acceptors (Lipinski definition) is 5. The van der Waals surface area contributed by atoms with Gasteiger partial charge >= 0.3 is 29.6 Å². The van der Waals surface area contributed by atoms with Gasteiger partial charge in [0.05, 0.1) is 15.9 Å². The fraction of sp³-hybridized carbons (Fsp3) is 1.00. The van der Waals surface area contributed by atoms with Gasteiger partial charge in [0, 0.05) is 13.1 Å². The van der Waals surface area contributed by atoms with E-state index in [0.29, 0.717) is 6.54 Å². The Hall–Kier alpha value is 0.830. The maximum Gasteiger partial charge on any atom is 1.00 e. The molecule has 1 N–H and O–H groups in total. The van der Waals surface area contributed by atoms with Crippen LogP contribution in [-0.4, -0.2) is 42.1 Å². The Bertz CT molecular complexity index is 181. The molecule has 0 amide bonds. The number of nitrogens with zero attached hydrogens (tertiary/aromatic N) is 1. The van der Waals surface area contributed by atoms with Crippen LogP contribution in [0.3, 0.4) is 0 Å². The first kappa shape index (κ1) is 14.4. The summed E-state index contributed by atoms with van der Waals surface area (Å²) in [6.45, 7) is 1.84. The molecule has 0 atom stereocenters. The van der Waals surface area contributed by atoms with Crippen molar-refractivity contribution >= 4 is 10.1 Å². The number of hydroxylamine groups is 2. The van der Waals surface area contributed by atoms with E-state index in [1.165, 1.54) is 0 Å². The Labute approximate surface area is 88.4 Å². The normalized spacial score (nSPS) is 11.3. The van der Waals surface area contributed by atoms with E-state index < -0.39 is 15.9 Å². The first-order valence-electron chi connectivity index (χ1n) is 2.83. The molecule has 0 aromatic rings. The second-order valence-corrected chi connectivity index (χ2v) is 3.33. The zero-order valence-electron chi connectivity index (χ0n) is 6.65. The van der Waals surface area contributed by atoms with Crippen molar-refractivity contribution in [2.45, 2.75) is 6.92 Å². The molecule has 5 nitrogen and oxygen atoms in total. The molecule has 0 saturated carbocycles. The molecule has 0 heterocycles. The maximum absolute atomic E-state index is 9.96. The second-order valence-electron chi connectivity index (χ2n) is 1.81. The van der Waals surface area contributed by atoms with Gasteiger partial charge in [-0.15, -0.1) is 0 Å². The molecule has 11 heavy (non-hydrogen) atoms. The Balaban J connectivity index is 0. The van der Waals surface area contributed by atoms with E-state index in [1.54, 1.807) is 6.92 Å². The van der Waals surface area contributed by atoms with Crippen molar-refractivity contribution in [1.29, 1.82) is 0 Å². The van der Waals surface area contributed by atoms with Crippen LogP contribution in [0.1, 0.15) is 6.92 Å². The van der Waals surface area contributed by atoms with Gasteiger partial charge < -0.3 is 9.76 Å². The quantitative estimate of drug-likeness (QED) is 0.280. The van der Waals surface area contributed by atoms with Gasteiger partial charge in [-0.05, 0) is 0 Å². The first-order chi connectivity index (χ1) is 4.45. The van der Waals surface area contributed by atoms with Crippen molar-refractivity contribution in [3.63, 3.8) is 0 Å². The molecule has 0 unspecified atom stereocenters. The summed E-state index contributed by atoms with van der Waals surface area (Å²) in [7, 11) is -4.18. The number of rotatable bonds is 4. The van der Waals surface area contributed by atoms with Gasteiger partial charge in [-0.3, -0.25) is 0 Å². The van der Waals surface area contributed by atoms with Crippen LogP contribution in [0.15, 0.2) is 0 Å². The molecule has 7 heteroatoms. The third kappa shape index (κ3) is 10.8.